The maximum atomic E-state index is 13.0. The van der Waals surface area contributed by atoms with Crippen molar-refractivity contribution in [2.45, 2.75) is 13.3 Å². The van der Waals surface area contributed by atoms with Crippen molar-refractivity contribution in [2.24, 2.45) is 4.99 Å². The summed E-state index contributed by atoms with van der Waals surface area (Å²) >= 11 is 0. The largest absolute Gasteiger partial charge is 0.493 e. The summed E-state index contributed by atoms with van der Waals surface area (Å²) in [5.41, 5.74) is 1.42. The van der Waals surface area contributed by atoms with E-state index in [-0.39, 0.29) is 17.4 Å². The van der Waals surface area contributed by atoms with Gasteiger partial charge in [0.15, 0.2) is 17.2 Å². The first-order chi connectivity index (χ1) is 12.6. The zero-order valence-electron chi connectivity index (χ0n) is 14.5. The number of halogens is 1. The molecule has 0 bridgehead atoms. The molecule has 1 heterocycles. The van der Waals surface area contributed by atoms with Crippen LogP contribution in [0.5, 0.6) is 11.5 Å². The number of rotatable bonds is 6. The lowest BCUT2D eigenvalue weighted by Gasteiger charge is -2.10. The Morgan fingerprint density at radius 2 is 1.92 bits per heavy atom. The molecule has 3 rings (SSSR count). The molecule has 0 saturated carbocycles. The number of benzene rings is 2. The van der Waals surface area contributed by atoms with Crippen molar-refractivity contribution < 1.29 is 23.4 Å². The van der Waals surface area contributed by atoms with Crippen LogP contribution in [0, 0.1) is 5.82 Å². The summed E-state index contributed by atoms with van der Waals surface area (Å²) in [6.07, 6.45) is 2.48. The van der Waals surface area contributed by atoms with Gasteiger partial charge >= 0.3 is 5.97 Å². The maximum absolute atomic E-state index is 13.0. The maximum Gasteiger partial charge on any atom is 0.363 e. The van der Waals surface area contributed by atoms with E-state index in [1.54, 1.807) is 31.4 Å². The number of nitrogens with zero attached hydrogens (tertiary/aromatic N) is 1. The van der Waals surface area contributed by atoms with Crippen molar-refractivity contribution in [1.29, 1.82) is 0 Å². The van der Waals surface area contributed by atoms with Gasteiger partial charge in [0.2, 0.25) is 5.90 Å². The van der Waals surface area contributed by atoms with E-state index in [4.69, 9.17) is 14.2 Å². The fraction of sp³-hybridized carbons (Fsp3) is 0.200. The first-order valence-electron chi connectivity index (χ1n) is 8.20. The summed E-state index contributed by atoms with van der Waals surface area (Å²) in [5, 5.41) is 0. The molecule has 0 spiro atoms. The predicted molar refractivity (Wildman–Crippen MR) is 95.8 cm³/mol. The number of esters is 1. The molecule has 0 N–H and O–H groups in total. The van der Waals surface area contributed by atoms with E-state index >= 15 is 0 Å². The topological polar surface area (TPSA) is 57.1 Å². The van der Waals surface area contributed by atoms with E-state index in [2.05, 4.69) is 4.99 Å². The van der Waals surface area contributed by atoms with E-state index in [0.717, 1.165) is 12.0 Å². The second-order valence-electron chi connectivity index (χ2n) is 5.60. The van der Waals surface area contributed by atoms with Gasteiger partial charge in [0.05, 0.1) is 13.7 Å². The Kier molecular flexibility index (Phi) is 5.31. The fourth-order valence-corrected chi connectivity index (χ4v) is 2.39. The highest BCUT2D eigenvalue weighted by Crippen LogP contribution is 2.30. The molecule has 0 saturated heterocycles. The van der Waals surface area contributed by atoms with Gasteiger partial charge in [-0.15, -0.1) is 0 Å². The molecule has 0 radical (unpaired) electrons. The van der Waals surface area contributed by atoms with Gasteiger partial charge in [-0.3, -0.25) is 0 Å². The zero-order valence-corrected chi connectivity index (χ0v) is 14.5. The van der Waals surface area contributed by atoms with Crippen LogP contribution < -0.4 is 9.47 Å². The van der Waals surface area contributed by atoms with Gasteiger partial charge in [0.25, 0.3) is 0 Å². The van der Waals surface area contributed by atoms with Gasteiger partial charge in [-0.05, 0) is 54.5 Å². The monoisotopic (exact) mass is 355 g/mol. The average molecular weight is 355 g/mol. The number of methoxy groups -OCH3 is 1. The number of cyclic esters (lactones) is 1. The highest BCUT2D eigenvalue weighted by molar-refractivity contribution is 6.12. The molecule has 0 aliphatic carbocycles. The van der Waals surface area contributed by atoms with Gasteiger partial charge in [-0.2, -0.15) is 0 Å². The molecule has 5 nitrogen and oxygen atoms in total. The summed E-state index contributed by atoms with van der Waals surface area (Å²) in [5.74, 6) is 0.434. The highest BCUT2D eigenvalue weighted by Gasteiger charge is 2.24. The normalized spacial score (nSPS) is 15.0. The summed E-state index contributed by atoms with van der Waals surface area (Å²) in [6, 6.07) is 10.9. The quantitative estimate of drug-likeness (QED) is 0.581. The second kappa shape index (κ2) is 7.82. The van der Waals surface area contributed by atoms with E-state index in [1.165, 1.54) is 24.3 Å². The Hall–Kier alpha value is -3.15. The minimum Gasteiger partial charge on any atom is -0.493 e. The molecule has 1 aliphatic rings. The number of aliphatic imine (C=N–C) groups is 1. The number of hydrogen-bond acceptors (Lipinski definition) is 5. The average Bonchev–Trinajstić information content (AvgIpc) is 3.01. The van der Waals surface area contributed by atoms with Crippen molar-refractivity contribution in [3.05, 3.63) is 65.1 Å². The summed E-state index contributed by atoms with van der Waals surface area (Å²) in [6.45, 7) is 2.57. The molecule has 1 aliphatic heterocycles. The van der Waals surface area contributed by atoms with Crippen LogP contribution in [0.3, 0.4) is 0 Å². The molecule has 0 amide bonds. The lowest BCUT2D eigenvalue weighted by atomic mass is 10.1. The lowest BCUT2D eigenvalue weighted by molar-refractivity contribution is -0.129. The molecule has 0 atom stereocenters. The Labute approximate surface area is 150 Å². The Balaban J connectivity index is 1.89. The summed E-state index contributed by atoms with van der Waals surface area (Å²) in [7, 11) is 1.57. The SMILES string of the molecule is CCCOc1cc(/C=C2/N=C(c3ccc(F)cc3)OC2=O)ccc1OC. The van der Waals surface area contributed by atoms with Crippen molar-refractivity contribution in [1.82, 2.24) is 0 Å². The van der Waals surface area contributed by atoms with Crippen LogP contribution in [-0.4, -0.2) is 25.6 Å². The molecule has 2 aromatic carbocycles. The smallest absolute Gasteiger partial charge is 0.363 e. The standard InChI is InChI=1S/C20H18FNO4/c1-3-10-25-18-12-13(4-9-17(18)24-2)11-16-20(23)26-19(22-16)14-5-7-15(21)8-6-14/h4-9,11-12H,3,10H2,1-2H3/b16-11+. The minimum atomic E-state index is -0.559. The van der Waals surface area contributed by atoms with Gasteiger partial charge in [0, 0.05) is 5.56 Å². The third kappa shape index (κ3) is 3.91. The molecule has 134 valence electrons. The number of carbonyl (C=O) groups excluding carboxylic acids is 1. The molecular formula is C20H18FNO4. The second-order valence-corrected chi connectivity index (χ2v) is 5.60. The number of carbonyl (C=O) groups is 1. The highest BCUT2D eigenvalue weighted by atomic mass is 19.1. The van der Waals surface area contributed by atoms with E-state index in [1.807, 2.05) is 6.92 Å². The van der Waals surface area contributed by atoms with Crippen molar-refractivity contribution in [2.75, 3.05) is 13.7 Å². The first-order valence-corrected chi connectivity index (χ1v) is 8.20. The molecular weight excluding hydrogens is 337 g/mol. The van der Waals surface area contributed by atoms with Crippen LogP contribution in [-0.2, 0) is 9.53 Å². The van der Waals surface area contributed by atoms with Crippen LogP contribution in [0.1, 0.15) is 24.5 Å². The summed E-state index contributed by atoms with van der Waals surface area (Å²) < 4.78 is 29.1. The molecule has 2 aromatic rings. The zero-order chi connectivity index (χ0) is 18.5. The van der Waals surface area contributed by atoms with Crippen molar-refractivity contribution >= 4 is 17.9 Å². The molecule has 0 aromatic heterocycles. The third-order valence-electron chi connectivity index (χ3n) is 3.66. The van der Waals surface area contributed by atoms with Crippen LogP contribution in [0.15, 0.2) is 53.2 Å². The van der Waals surface area contributed by atoms with E-state index < -0.39 is 5.97 Å². The van der Waals surface area contributed by atoms with E-state index in [9.17, 15) is 9.18 Å². The van der Waals surface area contributed by atoms with Crippen LogP contribution >= 0.6 is 0 Å². The lowest BCUT2D eigenvalue weighted by Crippen LogP contribution is -2.05. The van der Waals surface area contributed by atoms with Crippen molar-refractivity contribution in [3.8, 4) is 11.5 Å². The van der Waals surface area contributed by atoms with Crippen LogP contribution in [0.25, 0.3) is 6.08 Å². The molecule has 0 fully saturated rings. The van der Waals surface area contributed by atoms with E-state index in [0.29, 0.717) is 23.7 Å². The first kappa shape index (κ1) is 17.7. The van der Waals surface area contributed by atoms with Crippen LogP contribution in [0.2, 0.25) is 0 Å². The minimum absolute atomic E-state index is 0.150. The predicted octanol–water partition coefficient (Wildman–Crippen LogP) is 3.97. The molecule has 26 heavy (non-hydrogen) atoms. The van der Waals surface area contributed by atoms with Gasteiger partial charge in [0.1, 0.15) is 5.82 Å². The Bertz CT molecular complexity index is 872. The van der Waals surface area contributed by atoms with Gasteiger partial charge < -0.3 is 14.2 Å². The third-order valence-corrected chi connectivity index (χ3v) is 3.66. The summed E-state index contributed by atoms with van der Waals surface area (Å²) in [4.78, 5) is 16.3. The van der Waals surface area contributed by atoms with Crippen molar-refractivity contribution in [3.63, 3.8) is 0 Å². The molecule has 6 heteroatoms. The number of ether oxygens (including phenoxy) is 3. The van der Waals surface area contributed by atoms with Gasteiger partial charge in [-0.25, -0.2) is 14.2 Å². The van der Waals surface area contributed by atoms with Gasteiger partial charge in [-0.1, -0.05) is 13.0 Å². The Morgan fingerprint density at radius 1 is 1.15 bits per heavy atom. The molecule has 0 unspecified atom stereocenters. The van der Waals surface area contributed by atoms with Crippen LogP contribution in [0.4, 0.5) is 4.39 Å². The Morgan fingerprint density at radius 3 is 2.62 bits per heavy atom. The number of hydrogen-bond donors (Lipinski definition) is 0. The fourth-order valence-electron chi connectivity index (χ4n) is 2.39.